The normalized spacial score (nSPS) is 20.7. The zero-order valence-corrected chi connectivity index (χ0v) is 12.2. The van der Waals surface area contributed by atoms with E-state index in [1.807, 2.05) is 11.8 Å². The molecule has 1 unspecified atom stereocenters. The van der Waals surface area contributed by atoms with Crippen molar-refractivity contribution in [3.05, 3.63) is 0 Å². The van der Waals surface area contributed by atoms with E-state index >= 15 is 0 Å². The molecular formula is C12H22BrNOS. The van der Waals surface area contributed by atoms with Crippen molar-refractivity contribution in [2.24, 2.45) is 0 Å². The van der Waals surface area contributed by atoms with Gasteiger partial charge in [-0.1, -0.05) is 35.2 Å². The summed E-state index contributed by atoms with van der Waals surface area (Å²) in [7, 11) is 0. The molecule has 1 rings (SSSR count). The van der Waals surface area contributed by atoms with E-state index in [4.69, 9.17) is 0 Å². The first-order valence-electron chi connectivity index (χ1n) is 6.30. The maximum atomic E-state index is 11.7. The van der Waals surface area contributed by atoms with E-state index in [0.717, 1.165) is 30.5 Å². The molecule has 1 heterocycles. The maximum absolute atomic E-state index is 11.7. The zero-order chi connectivity index (χ0) is 11.6. The summed E-state index contributed by atoms with van der Waals surface area (Å²) in [6, 6.07) is 0. The minimum Gasteiger partial charge on any atom is -0.355 e. The van der Waals surface area contributed by atoms with Crippen LogP contribution in [0.5, 0.6) is 0 Å². The molecule has 94 valence electrons. The van der Waals surface area contributed by atoms with E-state index in [1.165, 1.54) is 32.1 Å². The quantitative estimate of drug-likeness (QED) is 0.577. The first kappa shape index (κ1) is 14.4. The van der Waals surface area contributed by atoms with Gasteiger partial charge in [0, 0.05) is 11.9 Å². The Balaban J connectivity index is 1.97. The van der Waals surface area contributed by atoms with Crippen molar-refractivity contribution in [1.82, 2.24) is 5.32 Å². The summed E-state index contributed by atoms with van der Waals surface area (Å²) in [4.78, 5) is 11.7. The molecule has 0 aromatic rings. The lowest BCUT2D eigenvalue weighted by Crippen LogP contribution is -2.34. The molecule has 0 bridgehead atoms. The molecule has 1 saturated heterocycles. The second-order valence-electron chi connectivity index (χ2n) is 4.25. The lowest BCUT2D eigenvalue weighted by Gasteiger charge is -2.20. The Labute approximate surface area is 111 Å². The number of rotatable bonds is 7. The number of carbonyl (C=O) groups excluding carboxylic acids is 1. The third-order valence-electron chi connectivity index (χ3n) is 2.83. The zero-order valence-electron chi connectivity index (χ0n) is 9.84. The Kier molecular flexibility index (Phi) is 8.39. The average molecular weight is 308 g/mol. The number of alkyl halides is 1. The van der Waals surface area contributed by atoms with Crippen LogP contribution in [0, 0.1) is 0 Å². The molecule has 0 saturated carbocycles. The van der Waals surface area contributed by atoms with Crippen LogP contribution in [-0.4, -0.2) is 28.8 Å². The highest BCUT2D eigenvalue weighted by Gasteiger charge is 2.20. The molecule has 2 nitrogen and oxygen atoms in total. The average Bonchev–Trinajstić information content (AvgIpc) is 2.34. The summed E-state index contributed by atoms with van der Waals surface area (Å²) in [5.74, 6) is 1.42. The summed E-state index contributed by atoms with van der Waals surface area (Å²) in [6.45, 7) is 0.859. The van der Waals surface area contributed by atoms with E-state index in [0.29, 0.717) is 0 Å². The van der Waals surface area contributed by atoms with Gasteiger partial charge >= 0.3 is 0 Å². The van der Waals surface area contributed by atoms with Gasteiger partial charge in [0.25, 0.3) is 0 Å². The molecule has 16 heavy (non-hydrogen) atoms. The van der Waals surface area contributed by atoms with Crippen LogP contribution in [0.25, 0.3) is 0 Å². The van der Waals surface area contributed by atoms with Crippen LogP contribution in [0.4, 0.5) is 0 Å². The number of hydrogen-bond acceptors (Lipinski definition) is 2. The third kappa shape index (κ3) is 6.14. The van der Waals surface area contributed by atoms with Crippen LogP contribution in [-0.2, 0) is 4.79 Å². The highest BCUT2D eigenvalue weighted by molar-refractivity contribution is 9.09. The van der Waals surface area contributed by atoms with Crippen molar-refractivity contribution in [3.63, 3.8) is 0 Å². The number of hydrogen-bond donors (Lipinski definition) is 1. The summed E-state index contributed by atoms with van der Waals surface area (Å²) in [5.41, 5.74) is 0. The van der Waals surface area contributed by atoms with Crippen LogP contribution >= 0.6 is 27.7 Å². The molecule has 1 atom stereocenters. The van der Waals surface area contributed by atoms with Gasteiger partial charge in [-0.05, 0) is 31.4 Å². The standard InChI is InChI=1S/C12H22BrNOS/c13-8-4-1-2-5-9-14-12(15)11-7-3-6-10-16-11/h11H,1-10H2,(H,14,15). The van der Waals surface area contributed by atoms with Crippen molar-refractivity contribution >= 4 is 33.6 Å². The Bertz CT molecular complexity index is 195. The fourth-order valence-corrected chi connectivity index (χ4v) is 3.47. The number of nitrogens with one attached hydrogen (secondary N) is 1. The number of carbonyl (C=O) groups is 1. The Morgan fingerprint density at radius 2 is 2.06 bits per heavy atom. The Hall–Kier alpha value is 0.300. The van der Waals surface area contributed by atoms with Gasteiger partial charge in [-0.2, -0.15) is 0 Å². The Morgan fingerprint density at radius 1 is 1.25 bits per heavy atom. The molecule has 0 aromatic carbocycles. The largest absolute Gasteiger partial charge is 0.355 e. The lowest BCUT2D eigenvalue weighted by molar-refractivity contribution is -0.120. The van der Waals surface area contributed by atoms with Crippen molar-refractivity contribution in [3.8, 4) is 0 Å². The molecule has 1 amide bonds. The maximum Gasteiger partial charge on any atom is 0.233 e. The van der Waals surface area contributed by atoms with E-state index in [1.54, 1.807) is 0 Å². The molecular weight excluding hydrogens is 286 g/mol. The second-order valence-corrected chi connectivity index (χ2v) is 6.35. The fourth-order valence-electron chi connectivity index (χ4n) is 1.85. The molecule has 0 spiro atoms. The molecule has 4 heteroatoms. The van der Waals surface area contributed by atoms with E-state index in [9.17, 15) is 4.79 Å². The summed E-state index contributed by atoms with van der Waals surface area (Å²) in [6.07, 6.45) is 8.42. The van der Waals surface area contributed by atoms with Crippen LogP contribution in [0.1, 0.15) is 44.9 Å². The first-order chi connectivity index (χ1) is 7.84. The first-order valence-corrected chi connectivity index (χ1v) is 8.47. The minimum absolute atomic E-state index is 0.233. The van der Waals surface area contributed by atoms with Crippen molar-refractivity contribution < 1.29 is 4.79 Å². The molecule has 1 fully saturated rings. The van der Waals surface area contributed by atoms with E-state index in [2.05, 4.69) is 21.2 Å². The molecule has 0 aromatic heterocycles. The van der Waals surface area contributed by atoms with E-state index in [-0.39, 0.29) is 11.2 Å². The smallest absolute Gasteiger partial charge is 0.233 e. The second kappa shape index (κ2) is 9.34. The van der Waals surface area contributed by atoms with Gasteiger partial charge in [0.15, 0.2) is 0 Å². The highest BCUT2D eigenvalue weighted by atomic mass is 79.9. The SMILES string of the molecule is O=C(NCCCCCCBr)C1CCCCS1. The minimum atomic E-state index is 0.233. The number of amides is 1. The highest BCUT2D eigenvalue weighted by Crippen LogP contribution is 2.24. The molecule has 1 aliphatic rings. The summed E-state index contributed by atoms with van der Waals surface area (Å²) in [5, 5.41) is 4.39. The molecule has 0 aliphatic carbocycles. The fraction of sp³-hybridized carbons (Fsp3) is 0.917. The van der Waals surface area contributed by atoms with Crippen molar-refractivity contribution in [2.45, 2.75) is 50.2 Å². The lowest BCUT2D eigenvalue weighted by atomic mass is 10.1. The van der Waals surface area contributed by atoms with Gasteiger partial charge in [0.2, 0.25) is 5.91 Å². The van der Waals surface area contributed by atoms with Gasteiger partial charge in [-0.15, -0.1) is 11.8 Å². The van der Waals surface area contributed by atoms with Crippen LogP contribution in [0.2, 0.25) is 0 Å². The number of thioether (sulfide) groups is 1. The molecule has 0 radical (unpaired) electrons. The van der Waals surface area contributed by atoms with Gasteiger partial charge < -0.3 is 5.32 Å². The Morgan fingerprint density at radius 3 is 2.75 bits per heavy atom. The van der Waals surface area contributed by atoms with Gasteiger partial charge in [-0.3, -0.25) is 4.79 Å². The van der Waals surface area contributed by atoms with Gasteiger partial charge in [0.05, 0.1) is 5.25 Å². The van der Waals surface area contributed by atoms with E-state index < -0.39 is 0 Å². The molecule has 1 aliphatic heterocycles. The van der Waals surface area contributed by atoms with Crippen molar-refractivity contribution in [1.29, 1.82) is 0 Å². The van der Waals surface area contributed by atoms with Crippen LogP contribution in [0.3, 0.4) is 0 Å². The third-order valence-corrected chi connectivity index (χ3v) is 4.77. The van der Waals surface area contributed by atoms with Crippen molar-refractivity contribution in [2.75, 3.05) is 17.6 Å². The summed E-state index contributed by atoms with van der Waals surface area (Å²) < 4.78 is 0. The van der Waals surface area contributed by atoms with Crippen LogP contribution in [0.15, 0.2) is 0 Å². The van der Waals surface area contributed by atoms with Gasteiger partial charge in [0.1, 0.15) is 0 Å². The number of unbranched alkanes of at least 4 members (excludes halogenated alkanes) is 3. The molecule has 1 N–H and O–H groups in total. The van der Waals surface area contributed by atoms with Gasteiger partial charge in [-0.25, -0.2) is 0 Å². The predicted octanol–water partition coefficient (Wildman–Crippen LogP) is 3.34. The predicted molar refractivity (Wildman–Crippen MR) is 75.4 cm³/mol. The monoisotopic (exact) mass is 307 g/mol. The topological polar surface area (TPSA) is 29.1 Å². The van der Waals surface area contributed by atoms with Crippen LogP contribution < -0.4 is 5.32 Å². The summed E-state index contributed by atoms with van der Waals surface area (Å²) >= 11 is 5.25. The number of halogens is 1.